The van der Waals surface area contributed by atoms with Crippen LogP contribution in [0.4, 0.5) is 8.78 Å². The number of alkyl halides is 2. The zero-order chi connectivity index (χ0) is 11.6. The Morgan fingerprint density at radius 2 is 1.87 bits per heavy atom. The SMILES string of the molecule is C=C(C)C(=C)OCC(F)(F)S(=O)(=O)[O-].[Na+]. The van der Waals surface area contributed by atoms with Gasteiger partial charge < -0.3 is 9.29 Å². The molecule has 0 amide bonds. The molecule has 0 aromatic carbocycles. The number of rotatable bonds is 5. The largest absolute Gasteiger partial charge is 1.00 e. The van der Waals surface area contributed by atoms with Crippen molar-refractivity contribution in [2.75, 3.05) is 6.61 Å². The summed E-state index contributed by atoms with van der Waals surface area (Å²) in [6, 6.07) is 0. The molecule has 0 aliphatic carbocycles. The second-order valence-corrected chi connectivity index (χ2v) is 4.09. The molecule has 82 valence electrons. The second kappa shape index (κ2) is 5.95. The minimum Gasteiger partial charge on any atom is -0.743 e. The van der Waals surface area contributed by atoms with Crippen molar-refractivity contribution in [2.45, 2.75) is 12.2 Å². The average Bonchev–Trinajstić information content (AvgIpc) is 1.97. The van der Waals surface area contributed by atoms with E-state index in [9.17, 15) is 21.8 Å². The summed E-state index contributed by atoms with van der Waals surface area (Å²) < 4.78 is 59.2. The minimum absolute atomic E-state index is 0. The van der Waals surface area contributed by atoms with Crippen molar-refractivity contribution in [3.63, 3.8) is 0 Å². The van der Waals surface area contributed by atoms with Gasteiger partial charge >= 0.3 is 34.8 Å². The number of hydrogen-bond acceptors (Lipinski definition) is 4. The van der Waals surface area contributed by atoms with Crippen molar-refractivity contribution in [2.24, 2.45) is 0 Å². The fraction of sp³-hybridized carbons (Fsp3) is 0.429. The Kier molecular flexibility index (Phi) is 6.92. The Morgan fingerprint density at radius 3 is 2.13 bits per heavy atom. The van der Waals surface area contributed by atoms with Crippen LogP contribution in [0.15, 0.2) is 24.5 Å². The van der Waals surface area contributed by atoms with Gasteiger partial charge in [0.05, 0.1) is 0 Å². The Balaban J connectivity index is 0. The van der Waals surface area contributed by atoms with Crippen molar-refractivity contribution < 1.29 is 56.0 Å². The Labute approximate surface area is 109 Å². The maximum atomic E-state index is 12.5. The maximum absolute atomic E-state index is 12.5. The van der Waals surface area contributed by atoms with Gasteiger partial charge in [-0.3, -0.25) is 0 Å². The number of hydrogen-bond donors (Lipinski definition) is 0. The molecule has 0 radical (unpaired) electrons. The summed E-state index contributed by atoms with van der Waals surface area (Å²) in [6.07, 6.45) is 0. The van der Waals surface area contributed by atoms with Crippen molar-refractivity contribution >= 4 is 10.1 Å². The third kappa shape index (κ3) is 5.62. The molecule has 4 nitrogen and oxygen atoms in total. The Morgan fingerprint density at radius 1 is 1.47 bits per heavy atom. The summed E-state index contributed by atoms with van der Waals surface area (Å²) in [6.45, 7) is 6.39. The molecule has 8 heteroatoms. The van der Waals surface area contributed by atoms with E-state index in [4.69, 9.17) is 0 Å². The van der Waals surface area contributed by atoms with E-state index >= 15 is 0 Å². The fourth-order valence-corrected chi connectivity index (χ4v) is 0.570. The second-order valence-electron chi connectivity index (χ2n) is 2.58. The van der Waals surface area contributed by atoms with Gasteiger partial charge in [0.15, 0.2) is 16.7 Å². The molecule has 0 bridgehead atoms. The van der Waals surface area contributed by atoms with Crippen LogP contribution in [0, 0.1) is 0 Å². The van der Waals surface area contributed by atoms with Crippen LogP contribution in [0.2, 0.25) is 0 Å². The predicted molar refractivity (Wildman–Crippen MR) is 44.6 cm³/mol. The first-order chi connectivity index (χ1) is 6.08. The van der Waals surface area contributed by atoms with Gasteiger partial charge in [-0.2, -0.15) is 8.78 Å². The van der Waals surface area contributed by atoms with Crippen LogP contribution in [-0.2, 0) is 14.9 Å². The van der Waals surface area contributed by atoms with Crippen molar-refractivity contribution in [1.82, 2.24) is 0 Å². The molecule has 0 fully saturated rings. The summed E-state index contributed by atoms with van der Waals surface area (Å²) in [4.78, 5) is 0. The Hall–Kier alpha value is 0.0500. The van der Waals surface area contributed by atoms with Gasteiger partial charge in [-0.15, -0.1) is 0 Å². The molecule has 0 rings (SSSR count). The van der Waals surface area contributed by atoms with Gasteiger partial charge in [-0.25, -0.2) is 8.42 Å². The van der Waals surface area contributed by atoms with Crippen LogP contribution in [0.3, 0.4) is 0 Å². The summed E-state index contributed by atoms with van der Waals surface area (Å²) in [7, 11) is -5.70. The zero-order valence-corrected chi connectivity index (χ0v) is 11.2. The predicted octanol–water partition coefficient (Wildman–Crippen LogP) is -1.77. The number of halogens is 2. The van der Waals surface area contributed by atoms with Crippen LogP contribution >= 0.6 is 0 Å². The molecule has 0 N–H and O–H groups in total. The van der Waals surface area contributed by atoms with E-state index in [1.807, 2.05) is 0 Å². The van der Waals surface area contributed by atoms with E-state index in [-0.39, 0.29) is 40.9 Å². The Bertz CT molecular complexity index is 350. The zero-order valence-electron chi connectivity index (χ0n) is 8.42. The molecular formula is C7H9F2NaO4S. The van der Waals surface area contributed by atoms with Gasteiger partial charge in [0.1, 0.15) is 5.76 Å². The molecule has 0 aliphatic heterocycles. The van der Waals surface area contributed by atoms with Gasteiger partial charge in [0.2, 0.25) is 0 Å². The van der Waals surface area contributed by atoms with Crippen LogP contribution in [0.25, 0.3) is 0 Å². The summed E-state index contributed by atoms with van der Waals surface area (Å²) in [5, 5.41) is -4.45. The third-order valence-corrected chi connectivity index (χ3v) is 2.11. The quantitative estimate of drug-likeness (QED) is 0.251. The average molecular weight is 250 g/mol. The minimum atomic E-state index is -5.70. The first kappa shape index (κ1) is 17.4. The van der Waals surface area contributed by atoms with E-state index in [1.165, 1.54) is 6.92 Å². The van der Waals surface area contributed by atoms with E-state index < -0.39 is 22.0 Å². The topological polar surface area (TPSA) is 66.4 Å². The molecule has 0 saturated carbocycles. The van der Waals surface area contributed by atoms with Gasteiger partial charge in [0, 0.05) is 0 Å². The van der Waals surface area contributed by atoms with Gasteiger partial charge in [0.25, 0.3) is 0 Å². The maximum Gasteiger partial charge on any atom is 1.00 e. The molecule has 0 aromatic rings. The molecule has 15 heavy (non-hydrogen) atoms. The fourth-order valence-electron chi connectivity index (χ4n) is 0.367. The summed E-state index contributed by atoms with van der Waals surface area (Å²) >= 11 is 0. The van der Waals surface area contributed by atoms with Crippen molar-refractivity contribution in [3.8, 4) is 0 Å². The van der Waals surface area contributed by atoms with Crippen LogP contribution in [0.1, 0.15) is 6.92 Å². The summed E-state index contributed by atoms with van der Waals surface area (Å²) in [5.74, 6) is -0.187. The van der Waals surface area contributed by atoms with Crippen molar-refractivity contribution in [1.29, 1.82) is 0 Å². The summed E-state index contributed by atoms with van der Waals surface area (Å²) in [5.41, 5.74) is 0.268. The van der Waals surface area contributed by atoms with Crippen LogP contribution < -0.4 is 29.6 Å². The number of allylic oxidation sites excluding steroid dienone is 1. The first-order valence-corrected chi connectivity index (χ1v) is 4.79. The van der Waals surface area contributed by atoms with E-state index in [2.05, 4.69) is 17.9 Å². The van der Waals surface area contributed by atoms with Gasteiger partial charge in [-0.1, -0.05) is 13.2 Å². The van der Waals surface area contributed by atoms with Crippen LogP contribution in [-0.4, -0.2) is 24.8 Å². The smallest absolute Gasteiger partial charge is 0.743 e. The molecule has 0 aromatic heterocycles. The number of ether oxygens (including phenoxy) is 1. The molecule has 0 atom stereocenters. The van der Waals surface area contributed by atoms with Crippen LogP contribution in [0.5, 0.6) is 0 Å². The van der Waals surface area contributed by atoms with E-state index in [0.717, 1.165) is 0 Å². The standard InChI is InChI=1S/C7H10F2O4S.Na/c1-5(2)6(3)13-4-7(8,9)14(10,11)12;/h1,3-4H2,2H3,(H,10,11,12);/q;+1/p-1. The van der Waals surface area contributed by atoms with E-state index in [1.54, 1.807) is 0 Å². The molecule has 0 heterocycles. The first-order valence-electron chi connectivity index (χ1n) is 3.39. The molecule has 0 aliphatic rings. The molecular weight excluding hydrogens is 241 g/mol. The van der Waals surface area contributed by atoms with Crippen molar-refractivity contribution in [3.05, 3.63) is 24.5 Å². The molecule has 0 unspecified atom stereocenters. The molecule has 0 saturated heterocycles. The third-order valence-electron chi connectivity index (χ3n) is 1.26. The van der Waals surface area contributed by atoms with Gasteiger partial charge in [-0.05, 0) is 12.5 Å². The normalized spacial score (nSPS) is 11.5. The van der Waals surface area contributed by atoms with E-state index in [0.29, 0.717) is 0 Å². The molecule has 0 spiro atoms. The monoisotopic (exact) mass is 250 g/mol.